The Labute approximate surface area is 119 Å². The number of anilines is 1. The molecule has 102 valence electrons. The summed E-state index contributed by atoms with van der Waals surface area (Å²) in [5, 5.41) is 0. The van der Waals surface area contributed by atoms with Gasteiger partial charge in [-0.15, -0.1) is 0 Å². The summed E-state index contributed by atoms with van der Waals surface area (Å²) in [4.78, 5) is 4.68. The van der Waals surface area contributed by atoms with E-state index in [4.69, 9.17) is 5.73 Å². The maximum atomic E-state index is 5.85. The Morgan fingerprint density at radius 2 is 1.80 bits per heavy atom. The molecule has 2 heterocycles. The lowest BCUT2D eigenvalue weighted by Crippen LogP contribution is -1.92. The van der Waals surface area contributed by atoms with Gasteiger partial charge in [0.05, 0.1) is 11.2 Å². The minimum absolute atomic E-state index is 0.544. The van der Waals surface area contributed by atoms with Crippen LogP contribution in [0.2, 0.25) is 0 Å². The van der Waals surface area contributed by atoms with Crippen LogP contribution < -0.4 is 5.73 Å². The number of pyridine rings is 1. The molecule has 0 radical (unpaired) electrons. The van der Waals surface area contributed by atoms with Crippen molar-refractivity contribution in [1.29, 1.82) is 0 Å². The molecule has 0 aliphatic rings. The maximum Gasteiger partial charge on any atom is 0.144 e. The molecular weight excluding hydrogens is 246 g/mol. The van der Waals surface area contributed by atoms with Crippen LogP contribution in [0.3, 0.4) is 0 Å². The smallest absolute Gasteiger partial charge is 0.144 e. The fourth-order valence-electron chi connectivity index (χ4n) is 2.47. The van der Waals surface area contributed by atoms with Gasteiger partial charge in [0, 0.05) is 17.4 Å². The van der Waals surface area contributed by atoms with E-state index in [9.17, 15) is 0 Å². The van der Waals surface area contributed by atoms with Gasteiger partial charge in [0.2, 0.25) is 0 Å². The predicted molar refractivity (Wildman–Crippen MR) is 83.9 cm³/mol. The van der Waals surface area contributed by atoms with Crippen molar-refractivity contribution in [2.45, 2.75) is 26.7 Å². The molecule has 0 bridgehead atoms. The van der Waals surface area contributed by atoms with Crippen molar-refractivity contribution in [3.63, 3.8) is 0 Å². The molecule has 0 fully saturated rings. The highest BCUT2D eigenvalue weighted by Crippen LogP contribution is 2.25. The van der Waals surface area contributed by atoms with Crippen molar-refractivity contribution in [2.24, 2.45) is 0 Å². The van der Waals surface area contributed by atoms with Crippen molar-refractivity contribution in [2.75, 3.05) is 5.73 Å². The number of hydrogen-bond donors (Lipinski definition) is 1. The van der Waals surface area contributed by atoms with Gasteiger partial charge in [0.15, 0.2) is 0 Å². The highest BCUT2D eigenvalue weighted by Gasteiger charge is 2.10. The van der Waals surface area contributed by atoms with E-state index in [2.05, 4.69) is 47.5 Å². The number of nitrogen functional groups attached to an aromatic ring is 1. The topological polar surface area (TPSA) is 43.3 Å². The summed E-state index contributed by atoms with van der Waals surface area (Å²) >= 11 is 0. The summed E-state index contributed by atoms with van der Waals surface area (Å²) < 4.78 is 2.09. The van der Waals surface area contributed by atoms with Crippen LogP contribution in [0.1, 0.15) is 31.0 Å². The van der Waals surface area contributed by atoms with Gasteiger partial charge in [-0.05, 0) is 30.5 Å². The maximum absolute atomic E-state index is 5.85. The predicted octanol–water partition coefficient (Wildman–Crippen LogP) is 4.02. The minimum Gasteiger partial charge on any atom is -0.399 e. The van der Waals surface area contributed by atoms with Crippen LogP contribution in [-0.4, -0.2) is 9.38 Å². The van der Waals surface area contributed by atoms with Crippen LogP contribution in [-0.2, 0) is 0 Å². The average Bonchev–Trinajstić information content (AvgIpc) is 2.76. The molecule has 0 unspecified atom stereocenters. The number of nitrogens with zero attached hydrogens (tertiary/aromatic N) is 2. The van der Waals surface area contributed by atoms with E-state index >= 15 is 0 Å². The summed E-state index contributed by atoms with van der Waals surface area (Å²) in [6, 6.07) is 12.5. The summed E-state index contributed by atoms with van der Waals surface area (Å²) in [5.41, 5.74) is 11.2. The summed E-state index contributed by atoms with van der Waals surface area (Å²) in [5.74, 6) is 1.51. The third-order valence-electron chi connectivity index (χ3n) is 3.69. The zero-order valence-electron chi connectivity index (χ0n) is 12.1. The second-order valence-corrected chi connectivity index (χ2v) is 5.51. The molecule has 3 aromatic rings. The standard InChI is InChI=1S/C17H19N3/c1-11(2)13-4-6-14(7-5-13)17-19-12(3)16-10-15(18)8-9-20(16)17/h4-11H,18H2,1-3H3. The highest BCUT2D eigenvalue weighted by atomic mass is 15.0. The molecule has 2 aromatic heterocycles. The summed E-state index contributed by atoms with van der Waals surface area (Å²) in [7, 11) is 0. The van der Waals surface area contributed by atoms with Gasteiger partial charge in [-0.2, -0.15) is 0 Å². The molecule has 0 aliphatic heterocycles. The van der Waals surface area contributed by atoms with E-state index in [1.54, 1.807) is 0 Å². The third-order valence-corrected chi connectivity index (χ3v) is 3.69. The normalized spacial score (nSPS) is 11.4. The zero-order chi connectivity index (χ0) is 14.3. The van der Waals surface area contributed by atoms with E-state index in [0.29, 0.717) is 5.92 Å². The molecule has 0 atom stereocenters. The Morgan fingerprint density at radius 1 is 1.10 bits per heavy atom. The van der Waals surface area contributed by atoms with Crippen molar-refractivity contribution < 1.29 is 0 Å². The molecular formula is C17H19N3. The first-order chi connectivity index (χ1) is 9.56. The van der Waals surface area contributed by atoms with E-state index < -0.39 is 0 Å². The van der Waals surface area contributed by atoms with Crippen LogP contribution >= 0.6 is 0 Å². The number of imidazole rings is 1. The largest absolute Gasteiger partial charge is 0.399 e. The molecule has 0 saturated carbocycles. The van der Waals surface area contributed by atoms with E-state index in [0.717, 1.165) is 28.3 Å². The first-order valence-electron chi connectivity index (χ1n) is 6.91. The molecule has 20 heavy (non-hydrogen) atoms. The van der Waals surface area contributed by atoms with Crippen molar-refractivity contribution in [3.8, 4) is 11.4 Å². The fourth-order valence-corrected chi connectivity index (χ4v) is 2.47. The fraction of sp³-hybridized carbons (Fsp3) is 0.235. The lowest BCUT2D eigenvalue weighted by molar-refractivity contribution is 0.867. The van der Waals surface area contributed by atoms with Gasteiger partial charge in [-0.25, -0.2) is 4.98 Å². The number of aromatic nitrogens is 2. The quantitative estimate of drug-likeness (QED) is 0.760. The van der Waals surface area contributed by atoms with Crippen LogP contribution in [0.5, 0.6) is 0 Å². The first kappa shape index (κ1) is 12.7. The van der Waals surface area contributed by atoms with E-state index in [-0.39, 0.29) is 0 Å². The lowest BCUT2D eigenvalue weighted by Gasteiger charge is -2.06. The number of fused-ring (bicyclic) bond motifs is 1. The van der Waals surface area contributed by atoms with Crippen molar-refractivity contribution in [1.82, 2.24) is 9.38 Å². The monoisotopic (exact) mass is 265 g/mol. The Hall–Kier alpha value is -2.29. The Kier molecular flexibility index (Phi) is 2.97. The molecule has 3 nitrogen and oxygen atoms in total. The Morgan fingerprint density at radius 3 is 2.45 bits per heavy atom. The first-order valence-corrected chi connectivity index (χ1v) is 6.91. The summed E-state index contributed by atoms with van der Waals surface area (Å²) in [6.07, 6.45) is 1.98. The SMILES string of the molecule is Cc1nc(-c2ccc(C(C)C)cc2)n2ccc(N)cc12. The highest BCUT2D eigenvalue weighted by molar-refractivity contribution is 5.68. The average molecular weight is 265 g/mol. The number of rotatable bonds is 2. The molecule has 0 spiro atoms. The number of hydrogen-bond acceptors (Lipinski definition) is 2. The molecule has 0 saturated heterocycles. The second-order valence-electron chi connectivity index (χ2n) is 5.51. The molecule has 2 N–H and O–H groups in total. The minimum atomic E-state index is 0.544. The van der Waals surface area contributed by atoms with Crippen molar-refractivity contribution >= 4 is 11.2 Å². The van der Waals surface area contributed by atoms with Gasteiger partial charge in [-0.3, -0.25) is 4.40 Å². The molecule has 0 aliphatic carbocycles. The number of aryl methyl sites for hydroxylation is 1. The molecule has 1 aromatic carbocycles. The summed E-state index contributed by atoms with van der Waals surface area (Å²) in [6.45, 7) is 6.42. The second kappa shape index (κ2) is 4.67. The van der Waals surface area contributed by atoms with Crippen LogP contribution in [0.25, 0.3) is 16.9 Å². The van der Waals surface area contributed by atoms with Crippen LogP contribution in [0.4, 0.5) is 5.69 Å². The Bertz CT molecular complexity index is 752. The van der Waals surface area contributed by atoms with Gasteiger partial charge in [0.1, 0.15) is 5.82 Å². The Balaban J connectivity index is 2.14. The lowest BCUT2D eigenvalue weighted by atomic mass is 10.0. The zero-order valence-corrected chi connectivity index (χ0v) is 12.1. The van der Waals surface area contributed by atoms with E-state index in [1.807, 2.05) is 25.3 Å². The molecule has 3 heteroatoms. The molecule has 3 rings (SSSR count). The van der Waals surface area contributed by atoms with Crippen LogP contribution in [0, 0.1) is 6.92 Å². The van der Waals surface area contributed by atoms with Crippen molar-refractivity contribution in [3.05, 3.63) is 53.9 Å². The van der Waals surface area contributed by atoms with Gasteiger partial charge >= 0.3 is 0 Å². The third kappa shape index (κ3) is 2.05. The van der Waals surface area contributed by atoms with E-state index in [1.165, 1.54) is 5.56 Å². The number of benzene rings is 1. The van der Waals surface area contributed by atoms with Gasteiger partial charge < -0.3 is 5.73 Å². The molecule has 0 amide bonds. The van der Waals surface area contributed by atoms with Crippen LogP contribution in [0.15, 0.2) is 42.6 Å². The van der Waals surface area contributed by atoms with Gasteiger partial charge in [0.25, 0.3) is 0 Å². The number of nitrogens with two attached hydrogens (primary N) is 1. The van der Waals surface area contributed by atoms with Gasteiger partial charge in [-0.1, -0.05) is 38.1 Å².